The van der Waals surface area contributed by atoms with Crippen LogP contribution in [0.4, 0.5) is 4.79 Å². The van der Waals surface area contributed by atoms with E-state index in [-0.39, 0.29) is 32.2 Å². The number of likely N-dealkylation sites (tertiary alicyclic amines) is 1. The van der Waals surface area contributed by atoms with Gasteiger partial charge in [0.05, 0.1) is 6.04 Å². The Hall–Kier alpha value is -1.77. The molecule has 142 valence electrons. The second kappa shape index (κ2) is 8.50. The number of aromatic nitrogens is 3. The van der Waals surface area contributed by atoms with Gasteiger partial charge >= 0.3 is 6.09 Å². The number of hydrogen-bond acceptors (Lipinski definition) is 4. The first-order valence-electron chi connectivity index (χ1n) is 8.30. The molecule has 1 amide bonds. The fourth-order valence-electron chi connectivity index (χ4n) is 3.27. The molecule has 1 aromatic carbocycles. The van der Waals surface area contributed by atoms with E-state index in [0.29, 0.717) is 21.8 Å². The quantitative estimate of drug-likeness (QED) is 0.556. The first kappa shape index (κ1) is 20.0. The van der Waals surface area contributed by atoms with Gasteiger partial charge in [-0.05, 0) is 34.3 Å². The topological polar surface area (TPSA) is 59.7 Å². The summed E-state index contributed by atoms with van der Waals surface area (Å²) < 4.78 is 8.01. The molecule has 0 bridgehead atoms. The van der Waals surface area contributed by atoms with E-state index < -0.39 is 0 Å². The molecule has 0 saturated carbocycles. The Kier molecular flexibility index (Phi) is 6.29. The summed E-state index contributed by atoms with van der Waals surface area (Å²) in [5, 5.41) is 0.370. The minimum atomic E-state index is -0.329. The zero-order valence-corrected chi connectivity index (χ0v) is 17.7. The van der Waals surface area contributed by atoms with Gasteiger partial charge in [-0.1, -0.05) is 41.9 Å². The average Bonchev–Trinajstić information content (AvgIpc) is 3.26. The average molecular weight is 470 g/mol. The summed E-state index contributed by atoms with van der Waals surface area (Å²) in [5.41, 5.74) is 1.66. The van der Waals surface area contributed by atoms with Crippen LogP contribution in [0.1, 0.15) is 30.3 Å². The normalized spacial score (nSPS) is 16.4. The summed E-state index contributed by atoms with van der Waals surface area (Å²) in [7, 11) is 0. The predicted octanol–water partition coefficient (Wildman–Crippen LogP) is 4.73. The number of rotatable bonds is 3. The Bertz CT molecular complexity index is 953. The zero-order chi connectivity index (χ0) is 18.1. The summed E-state index contributed by atoms with van der Waals surface area (Å²) in [6.45, 7) is 0.897. The van der Waals surface area contributed by atoms with Crippen LogP contribution in [0.3, 0.4) is 0 Å². The summed E-state index contributed by atoms with van der Waals surface area (Å²) in [6, 6.07) is 9.49. The maximum absolute atomic E-state index is 12.6. The Morgan fingerprint density at radius 2 is 2.11 bits per heavy atom. The monoisotopic (exact) mass is 468 g/mol. The largest absolute Gasteiger partial charge is 0.445 e. The molecule has 1 atom stereocenters. The maximum atomic E-state index is 12.6. The van der Waals surface area contributed by atoms with Gasteiger partial charge in [-0.3, -0.25) is 9.30 Å². The molecule has 1 aliphatic heterocycles. The summed E-state index contributed by atoms with van der Waals surface area (Å²) >= 11 is 9.63. The van der Waals surface area contributed by atoms with E-state index in [2.05, 4.69) is 25.9 Å². The van der Waals surface area contributed by atoms with E-state index in [0.717, 1.165) is 24.2 Å². The Balaban J connectivity index is 0.00000210. The highest BCUT2D eigenvalue weighted by molar-refractivity contribution is 9.10. The van der Waals surface area contributed by atoms with Gasteiger partial charge in [0.25, 0.3) is 0 Å². The second-order valence-electron chi connectivity index (χ2n) is 6.09. The van der Waals surface area contributed by atoms with Crippen LogP contribution in [-0.2, 0) is 11.3 Å². The lowest BCUT2D eigenvalue weighted by atomic mass is 10.2. The predicted molar refractivity (Wildman–Crippen MR) is 111 cm³/mol. The molecule has 0 radical (unpaired) electrons. The van der Waals surface area contributed by atoms with Crippen molar-refractivity contribution in [2.75, 3.05) is 6.54 Å². The van der Waals surface area contributed by atoms with Crippen LogP contribution in [-0.4, -0.2) is 31.9 Å². The van der Waals surface area contributed by atoms with E-state index in [1.807, 2.05) is 34.7 Å². The van der Waals surface area contributed by atoms with Gasteiger partial charge in [0.1, 0.15) is 22.6 Å². The van der Waals surface area contributed by atoms with Crippen LogP contribution < -0.4 is 0 Å². The molecule has 1 saturated heterocycles. The minimum absolute atomic E-state index is 0. The molecular weight excluding hydrogens is 452 g/mol. The molecule has 9 heteroatoms. The number of ether oxygens (including phenoxy) is 1. The van der Waals surface area contributed by atoms with Crippen molar-refractivity contribution in [3.63, 3.8) is 0 Å². The van der Waals surface area contributed by atoms with Crippen LogP contribution in [0, 0.1) is 0 Å². The Morgan fingerprint density at radius 3 is 2.89 bits per heavy atom. The highest BCUT2D eigenvalue weighted by Gasteiger charge is 2.34. The van der Waals surface area contributed by atoms with Crippen LogP contribution in [0.25, 0.3) is 5.52 Å². The van der Waals surface area contributed by atoms with E-state index >= 15 is 0 Å². The number of nitrogens with zero attached hydrogens (tertiary/aromatic N) is 4. The lowest BCUT2D eigenvalue weighted by molar-refractivity contribution is 0.0908. The molecule has 3 aromatic rings. The van der Waals surface area contributed by atoms with Gasteiger partial charge in [-0.2, -0.15) is 13.5 Å². The van der Waals surface area contributed by atoms with Gasteiger partial charge < -0.3 is 4.74 Å². The smallest absolute Gasteiger partial charge is 0.410 e. The van der Waals surface area contributed by atoms with Crippen LogP contribution in [0.5, 0.6) is 0 Å². The van der Waals surface area contributed by atoms with Crippen molar-refractivity contribution in [3.05, 3.63) is 63.9 Å². The van der Waals surface area contributed by atoms with Crippen LogP contribution in [0.15, 0.2) is 47.3 Å². The third-order valence-electron chi connectivity index (χ3n) is 4.49. The molecule has 27 heavy (non-hydrogen) atoms. The molecule has 0 unspecified atom stereocenters. The van der Waals surface area contributed by atoms with E-state index in [9.17, 15) is 4.79 Å². The number of fused-ring (bicyclic) bond motifs is 1. The summed E-state index contributed by atoms with van der Waals surface area (Å²) in [4.78, 5) is 23.0. The molecule has 0 aliphatic carbocycles. The fourth-order valence-corrected chi connectivity index (χ4v) is 4.19. The molecule has 1 aliphatic rings. The van der Waals surface area contributed by atoms with Crippen molar-refractivity contribution < 1.29 is 9.53 Å². The molecule has 0 N–H and O–H groups in total. The fraction of sp³-hybridized carbons (Fsp3) is 0.278. The van der Waals surface area contributed by atoms with Crippen molar-refractivity contribution in [3.8, 4) is 0 Å². The first-order valence-corrected chi connectivity index (χ1v) is 9.47. The van der Waals surface area contributed by atoms with E-state index in [4.69, 9.17) is 16.3 Å². The highest BCUT2D eigenvalue weighted by atomic mass is 79.9. The number of halogens is 2. The first-order chi connectivity index (χ1) is 12.6. The third kappa shape index (κ3) is 3.93. The molecule has 3 heterocycles. The number of hydrogen-bond donors (Lipinski definition) is 0. The van der Waals surface area contributed by atoms with Crippen molar-refractivity contribution in [2.24, 2.45) is 0 Å². The number of benzene rings is 1. The van der Waals surface area contributed by atoms with Crippen LogP contribution >= 0.6 is 41.0 Å². The lowest BCUT2D eigenvalue weighted by Gasteiger charge is -2.23. The van der Waals surface area contributed by atoms with Crippen molar-refractivity contribution >= 4 is 52.6 Å². The number of carbonyl (C=O) groups excluding carboxylic acids is 1. The summed E-state index contributed by atoms with van der Waals surface area (Å²) in [5.74, 6) is 0.755. The SMILES string of the molecule is O=C(OCc1ccccc1)N1CCC[C@H]1c1nc(Br)c2c(Cl)nccn12.S. The van der Waals surface area contributed by atoms with Crippen molar-refractivity contribution in [2.45, 2.75) is 25.5 Å². The molecule has 0 spiro atoms. The zero-order valence-electron chi connectivity index (χ0n) is 14.3. The van der Waals surface area contributed by atoms with Gasteiger partial charge in [-0.15, -0.1) is 0 Å². The van der Waals surface area contributed by atoms with E-state index in [1.165, 1.54) is 0 Å². The molecule has 1 fully saturated rings. The number of carbonyl (C=O) groups is 1. The minimum Gasteiger partial charge on any atom is -0.445 e. The molecule has 4 rings (SSSR count). The van der Waals surface area contributed by atoms with Gasteiger partial charge in [0.2, 0.25) is 0 Å². The molecule has 6 nitrogen and oxygen atoms in total. The van der Waals surface area contributed by atoms with Gasteiger partial charge in [0, 0.05) is 18.9 Å². The highest BCUT2D eigenvalue weighted by Crippen LogP contribution is 2.35. The summed E-state index contributed by atoms with van der Waals surface area (Å²) in [6.07, 6.45) is 4.83. The lowest BCUT2D eigenvalue weighted by Crippen LogP contribution is -2.32. The Morgan fingerprint density at radius 1 is 1.33 bits per heavy atom. The third-order valence-corrected chi connectivity index (χ3v) is 5.31. The van der Waals surface area contributed by atoms with Gasteiger partial charge in [0.15, 0.2) is 5.15 Å². The Labute approximate surface area is 177 Å². The second-order valence-corrected chi connectivity index (χ2v) is 7.20. The van der Waals surface area contributed by atoms with Crippen LogP contribution in [0.2, 0.25) is 5.15 Å². The van der Waals surface area contributed by atoms with Crippen molar-refractivity contribution in [1.29, 1.82) is 0 Å². The maximum Gasteiger partial charge on any atom is 0.410 e. The standard InChI is InChI=1S/C18H16BrClN4O2.H2S/c19-15-14-16(20)21-8-10-24(14)17(22-15)13-7-4-9-23(13)18(25)26-11-12-5-2-1-3-6-12;/h1-3,5-6,8,10,13H,4,7,9,11H2;1H2/t13-;/m0./s1. The van der Waals surface area contributed by atoms with Crippen molar-refractivity contribution in [1.82, 2.24) is 19.3 Å². The number of amides is 1. The molecular formula is C18H18BrClN4O2S. The van der Waals surface area contributed by atoms with Gasteiger partial charge in [-0.25, -0.2) is 14.8 Å². The number of imidazole rings is 1. The van der Waals surface area contributed by atoms with E-state index in [1.54, 1.807) is 17.3 Å². The molecule has 2 aromatic heterocycles.